The van der Waals surface area contributed by atoms with Crippen LogP contribution in [-0.2, 0) is 11.3 Å². The van der Waals surface area contributed by atoms with Gasteiger partial charge in [0.25, 0.3) is 0 Å². The molecule has 0 bridgehead atoms. The first-order valence-corrected chi connectivity index (χ1v) is 6.31. The number of hydrogen-bond donors (Lipinski definition) is 1. The third kappa shape index (κ3) is 3.44. The van der Waals surface area contributed by atoms with E-state index in [9.17, 15) is 14.3 Å². The number of β-amino-alcohol motifs (C(OH)–C–C–N with tert-alkyl or cyclic N) is 1. The van der Waals surface area contributed by atoms with Crippen LogP contribution in [0.4, 0.5) is 9.18 Å². The van der Waals surface area contributed by atoms with E-state index >= 15 is 0 Å². The first kappa shape index (κ1) is 13.8. The molecule has 0 aliphatic carbocycles. The molecule has 0 radical (unpaired) electrons. The molecular formula is C14H18FNO3. The number of halogens is 1. The third-order valence-corrected chi connectivity index (χ3v) is 3.30. The summed E-state index contributed by atoms with van der Waals surface area (Å²) in [6, 6.07) is 9.33. The summed E-state index contributed by atoms with van der Waals surface area (Å²) in [6.45, 7) is 1.80. The molecule has 1 fully saturated rings. The van der Waals surface area contributed by atoms with Crippen LogP contribution in [0.5, 0.6) is 0 Å². The number of carbonyl (C=O) groups is 1. The van der Waals surface area contributed by atoms with E-state index in [2.05, 4.69) is 0 Å². The zero-order chi connectivity index (χ0) is 13.9. The Bertz CT molecular complexity index is 436. The maximum atomic E-state index is 13.4. The van der Waals surface area contributed by atoms with E-state index in [0.717, 1.165) is 5.56 Å². The van der Waals surface area contributed by atoms with Crippen LogP contribution in [0.15, 0.2) is 30.3 Å². The Morgan fingerprint density at radius 2 is 2.21 bits per heavy atom. The number of alkyl halides is 1. The highest BCUT2D eigenvalue weighted by Crippen LogP contribution is 2.24. The second-order valence-electron chi connectivity index (χ2n) is 5.08. The number of benzene rings is 1. The largest absolute Gasteiger partial charge is 0.445 e. The van der Waals surface area contributed by atoms with Gasteiger partial charge in [0.2, 0.25) is 0 Å². The van der Waals surface area contributed by atoms with Gasteiger partial charge >= 0.3 is 6.09 Å². The zero-order valence-corrected chi connectivity index (χ0v) is 10.9. The molecule has 0 spiro atoms. The Balaban J connectivity index is 1.87. The second-order valence-corrected chi connectivity index (χ2v) is 5.08. The molecule has 5 heteroatoms. The summed E-state index contributed by atoms with van der Waals surface area (Å²) in [7, 11) is 0. The lowest BCUT2D eigenvalue weighted by molar-refractivity contribution is -0.0719. The van der Waals surface area contributed by atoms with E-state index in [1.54, 1.807) is 0 Å². The maximum Gasteiger partial charge on any atom is 0.410 e. The van der Waals surface area contributed by atoms with Gasteiger partial charge < -0.3 is 14.7 Å². The van der Waals surface area contributed by atoms with E-state index in [-0.39, 0.29) is 26.1 Å². The molecule has 104 valence electrons. The summed E-state index contributed by atoms with van der Waals surface area (Å²) in [6.07, 6.45) is -1.69. The summed E-state index contributed by atoms with van der Waals surface area (Å²) < 4.78 is 18.6. The molecule has 0 aromatic heterocycles. The number of amides is 1. The molecule has 1 saturated heterocycles. The lowest BCUT2D eigenvalue weighted by Crippen LogP contribution is -2.55. The van der Waals surface area contributed by atoms with Gasteiger partial charge in [-0.1, -0.05) is 30.3 Å². The van der Waals surface area contributed by atoms with Crippen LogP contribution in [0.3, 0.4) is 0 Å². The highest BCUT2D eigenvalue weighted by Gasteiger charge is 2.40. The molecule has 1 aliphatic heterocycles. The van der Waals surface area contributed by atoms with Gasteiger partial charge in [-0.3, -0.25) is 0 Å². The van der Waals surface area contributed by atoms with Crippen LogP contribution in [0, 0.1) is 0 Å². The average Bonchev–Trinajstić information content (AvgIpc) is 2.40. The highest BCUT2D eigenvalue weighted by atomic mass is 19.1. The van der Waals surface area contributed by atoms with E-state index in [1.165, 1.54) is 11.8 Å². The molecule has 2 atom stereocenters. The number of rotatable bonds is 2. The molecule has 19 heavy (non-hydrogen) atoms. The summed E-state index contributed by atoms with van der Waals surface area (Å²) in [5.74, 6) is 0. The Hall–Kier alpha value is -1.62. The predicted molar refractivity (Wildman–Crippen MR) is 68.3 cm³/mol. The third-order valence-electron chi connectivity index (χ3n) is 3.30. The summed E-state index contributed by atoms with van der Waals surface area (Å²) in [5.41, 5.74) is -0.604. The van der Waals surface area contributed by atoms with Crippen molar-refractivity contribution in [2.24, 2.45) is 0 Å². The molecule has 0 saturated carbocycles. The summed E-state index contributed by atoms with van der Waals surface area (Å²) >= 11 is 0. The van der Waals surface area contributed by atoms with E-state index < -0.39 is 17.9 Å². The average molecular weight is 267 g/mol. The molecule has 1 aromatic rings. The van der Waals surface area contributed by atoms with Crippen molar-refractivity contribution in [2.75, 3.05) is 13.1 Å². The van der Waals surface area contributed by atoms with Crippen LogP contribution in [0.2, 0.25) is 0 Å². The second kappa shape index (κ2) is 5.57. The van der Waals surface area contributed by atoms with Gasteiger partial charge in [0.15, 0.2) is 0 Å². The van der Waals surface area contributed by atoms with Gasteiger partial charge in [0.1, 0.15) is 18.4 Å². The molecule has 1 N–H and O–H groups in total. The van der Waals surface area contributed by atoms with Crippen molar-refractivity contribution in [2.45, 2.75) is 31.7 Å². The fraction of sp³-hybridized carbons (Fsp3) is 0.500. The molecule has 4 nitrogen and oxygen atoms in total. The first-order chi connectivity index (χ1) is 8.99. The number of nitrogens with zero attached hydrogens (tertiary/aromatic N) is 1. The molecule has 0 unspecified atom stereocenters. The molecular weight excluding hydrogens is 249 g/mol. The van der Waals surface area contributed by atoms with Crippen molar-refractivity contribution < 1.29 is 19.0 Å². The molecule has 1 aromatic carbocycles. The van der Waals surface area contributed by atoms with Crippen LogP contribution in [-0.4, -0.2) is 41.0 Å². The van der Waals surface area contributed by atoms with Crippen molar-refractivity contribution in [1.82, 2.24) is 4.90 Å². The molecule has 1 aliphatic rings. The predicted octanol–water partition coefficient (Wildman–Crippen LogP) is 2.12. The van der Waals surface area contributed by atoms with Gasteiger partial charge in [-0.25, -0.2) is 9.18 Å². The van der Waals surface area contributed by atoms with Crippen LogP contribution < -0.4 is 0 Å². The quantitative estimate of drug-likeness (QED) is 0.893. The Kier molecular flexibility index (Phi) is 4.04. The van der Waals surface area contributed by atoms with Crippen molar-refractivity contribution in [3.05, 3.63) is 35.9 Å². The molecule has 2 rings (SSSR count). The van der Waals surface area contributed by atoms with Crippen LogP contribution >= 0.6 is 0 Å². The lowest BCUT2D eigenvalue weighted by Gasteiger charge is -2.38. The van der Waals surface area contributed by atoms with E-state index in [4.69, 9.17) is 4.74 Å². The number of aliphatic hydroxyl groups is 1. The Morgan fingerprint density at radius 3 is 2.84 bits per heavy atom. The zero-order valence-electron chi connectivity index (χ0n) is 10.9. The minimum Gasteiger partial charge on any atom is -0.445 e. The standard InChI is InChI=1S/C14H18FNO3/c1-14(18)10-16(8-7-12(14)15)13(17)19-9-11-5-3-2-4-6-11/h2-6,12,18H,7-10H2,1H3/t12-,14+/m1/s1. The van der Waals surface area contributed by atoms with Crippen molar-refractivity contribution in [3.63, 3.8) is 0 Å². The molecule has 1 heterocycles. The number of piperidine rings is 1. The van der Waals surface area contributed by atoms with Crippen LogP contribution in [0.1, 0.15) is 18.9 Å². The first-order valence-electron chi connectivity index (χ1n) is 6.31. The molecule has 1 amide bonds. The smallest absolute Gasteiger partial charge is 0.410 e. The van der Waals surface area contributed by atoms with Gasteiger partial charge in [-0.05, 0) is 18.9 Å². The Labute approximate surface area is 111 Å². The Morgan fingerprint density at radius 1 is 1.53 bits per heavy atom. The normalized spacial score (nSPS) is 27.1. The SMILES string of the molecule is C[C@]1(O)CN(C(=O)OCc2ccccc2)CC[C@H]1F. The topological polar surface area (TPSA) is 49.8 Å². The van der Waals surface area contributed by atoms with E-state index in [0.29, 0.717) is 0 Å². The monoisotopic (exact) mass is 267 g/mol. The van der Waals surface area contributed by atoms with Gasteiger partial charge in [-0.15, -0.1) is 0 Å². The number of hydrogen-bond acceptors (Lipinski definition) is 3. The van der Waals surface area contributed by atoms with Gasteiger partial charge in [0, 0.05) is 6.54 Å². The summed E-state index contributed by atoms with van der Waals surface area (Å²) in [5, 5.41) is 9.82. The van der Waals surface area contributed by atoms with Crippen molar-refractivity contribution in [1.29, 1.82) is 0 Å². The van der Waals surface area contributed by atoms with E-state index in [1.807, 2.05) is 30.3 Å². The number of likely N-dealkylation sites (tertiary alicyclic amines) is 1. The fourth-order valence-corrected chi connectivity index (χ4v) is 2.11. The number of ether oxygens (including phenoxy) is 1. The number of carbonyl (C=O) groups excluding carboxylic acids is 1. The summed E-state index contributed by atoms with van der Waals surface area (Å²) in [4.78, 5) is 13.2. The van der Waals surface area contributed by atoms with Crippen LogP contribution in [0.25, 0.3) is 0 Å². The minimum atomic E-state index is -1.50. The fourth-order valence-electron chi connectivity index (χ4n) is 2.11. The van der Waals surface area contributed by atoms with Gasteiger partial charge in [0.05, 0.1) is 6.54 Å². The minimum absolute atomic E-state index is 0.0399. The van der Waals surface area contributed by atoms with Gasteiger partial charge in [-0.2, -0.15) is 0 Å². The highest BCUT2D eigenvalue weighted by molar-refractivity contribution is 5.68. The lowest BCUT2D eigenvalue weighted by atomic mass is 9.93. The van der Waals surface area contributed by atoms with Crippen molar-refractivity contribution in [3.8, 4) is 0 Å². The van der Waals surface area contributed by atoms with Crippen molar-refractivity contribution >= 4 is 6.09 Å². The maximum absolute atomic E-state index is 13.4.